The molecule has 0 radical (unpaired) electrons. The molecule has 1 heterocycles. The molecule has 0 saturated heterocycles. The second-order valence-corrected chi connectivity index (χ2v) is 7.91. The van der Waals surface area contributed by atoms with Crippen LogP contribution in [0, 0.1) is 11.8 Å². The van der Waals surface area contributed by atoms with Gasteiger partial charge in [-0.1, -0.05) is 43.3 Å². The summed E-state index contributed by atoms with van der Waals surface area (Å²) in [5.74, 6) is 4.14. The summed E-state index contributed by atoms with van der Waals surface area (Å²) in [4.78, 5) is 4.83. The summed E-state index contributed by atoms with van der Waals surface area (Å²) in [6, 6.07) is 8.99. The minimum atomic E-state index is 0. The largest absolute Gasteiger partial charge is 0.361 e. The lowest BCUT2D eigenvalue weighted by molar-refractivity contribution is 0.380. The Morgan fingerprint density at radius 1 is 1.17 bits per heavy atom. The van der Waals surface area contributed by atoms with Gasteiger partial charge in [-0.3, -0.25) is 0 Å². The third-order valence-electron chi connectivity index (χ3n) is 6.34. The molecule has 29 heavy (non-hydrogen) atoms. The van der Waals surface area contributed by atoms with Crippen molar-refractivity contribution in [3.8, 4) is 0 Å². The number of rotatable bonds is 7. The van der Waals surface area contributed by atoms with E-state index in [1.807, 2.05) is 0 Å². The van der Waals surface area contributed by atoms with Crippen LogP contribution >= 0.6 is 24.0 Å². The molecule has 1 fully saturated rings. The number of aromatic nitrogens is 1. The maximum atomic E-state index is 5.47. The number of nitrogens with one attached hydrogen (secondary N) is 2. The molecular weight excluding hydrogens is 475 g/mol. The van der Waals surface area contributed by atoms with E-state index in [0.29, 0.717) is 6.54 Å². The maximum Gasteiger partial charge on any atom is 0.191 e. The highest BCUT2D eigenvalue weighted by molar-refractivity contribution is 14.0. The van der Waals surface area contributed by atoms with Crippen molar-refractivity contribution in [3.05, 3.63) is 52.4 Å². The van der Waals surface area contributed by atoms with Crippen LogP contribution in [0.4, 0.5) is 0 Å². The van der Waals surface area contributed by atoms with Gasteiger partial charge in [-0.25, -0.2) is 4.99 Å². The molecule has 4 rings (SSSR count). The quantitative estimate of drug-likeness (QED) is 0.330. The van der Waals surface area contributed by atoms with Crippen LogP contribution in [0.3, 0.4) is 0 Å². The Balaban J connectivity index is 0.00000240. The standard InChI is InChI=1S/C23H32N4O.HI/c1-4-20-19(21(5-2)28-27-20)14-26-23(24-6-3)25-13-18-17-12-11-15-9-7-8-10-16(15)22(17)18;/h7-10,17-18,22H,4-6,11-14H2,1-3H3,(H2,24,25,26);1H. The number of hydrogen-bond acceptors (Lipinski definition) is 3. The zero-order chi connectivity index (χ0) is 19.5. The SMILES string of the molecule is CCNC(=NCc1c(CC)noc1CC)NCC1C2CCc3ccccc3C21.I. The fourth-order valence-corrected chi connectivity index (χ4v) is 4.82. The molecule has 1 saturated carbocycles. The van der Waals surface area contributed by atoms with Crippen LogP contribution in [0.15, 0.2) is 33.8 Å². The van der Waals surface area contributed by atoms with Gasteiger partial charge in [-0.15, -0.1) is 24.0 Å². The van der Waals surface area contributed by atoms with Crippen molar-refractivity contribution >= 4 is 29.9 Å². The smallest absolute Gasteiger partial charge is 0.191 e. The number of guanidine groups is 1. The van der Waals surface area contributed by atoms with Crippen LogP contribution in [0.25, 0.3) is 0 Å². The van der Waals surface area contributed by atoms with E-state index in [0.717, 1.165) is 66.7 Å². The van der Waals surface area contributed by atoms with Gasteiger partial charge in [0.1, 0.15) is 5.76 Å². The summed E-state index contributed by atoms with van der Waals surface area (Å²) in [7, 11) is 0. The molecule has 2 aromatic rings. The molecule has 0 aliphatic heterocycles. The summed E-state index contributed by atoms with van der Waals surface area (Å²) in [6.07, 6.45) is 4.28. The monoisotopic (exact) mass is 508 g/mol. The molecule has 2 N–H and O–H groups in total. The van der Waals surface area contributed by atoms with Crippen molar-refractivity contribution in [3.63, 3.8) is 0 Å². The van der Waals surface area contributed by atoms with Gasteiger partial charge in [0.05, 0.1) is 12.2 Å². The zero-order valence-corrected chi connectivity index (χ0v) is 20.0. The van der Waals surface area contributed by atoms with E-state index in [-0.39, 0.29) is 24.0 Å². The molecule has 2 aliphatic rings. The van der Waals surface area contributed by atoms with Gasteiger partial charge in [0.15, 0.2) is 5.96 Å². The highest BCUT2D eigenvalue weighted by atomic mass is 127. The first kappa shape index (κ1) is 22.1. The predicted octanol–water partition coefficient (Wildman–Crippen LogP) is 4.45. The average Bonchev–Trinajstić information content (AvgIpc) is 3.30. The first-order chi connectivity index (χ1) is 13.8. The van der Waals surface area contributed by atoms with Crippen molar-refractivity contribution in [1.29, 1.82) is 0 Å². The van der Waals surface area contributed by atoms with Crippen molar-refractivity contribution in [2.24, 2.45) is 16.8 Å². The van der Waals surface area contributed by atoms with Gasteiger partial charge < -0.3 is 15.2 Å². The Kier molecular flexibility index (Phi) is 7.60. The van der Waals surface area contributed by atoms with Gasteiger partial charge in [0.2, 0.25) is 0 Å². The normalized spacial score (nSPS) is 22.3. The van der Waals surface area contributed by atoms with E-state index in [1.54, 1.807) is 11.1 Å². The molecule has 2 aliphatic carbocycles. The zero-order valence-electron chi connectivity index (χ0n) is 17.7. The topological polar surface area (TPSA) is 62.5 Å². The molecule has 158 valence electrons. The van der Waals surface area contributed by atoms with Gasteiger partial charge >= 0.3 is 0 Å². The number of aryl methyl sites for hydroxylation is 3. The van der Waals surface area contributed by atoms with Gasteiger partial charge in [0.25, 0.3) is 0 Å². The van der Waals surface area contributed by atoms with Crippen molar-refractivity contribution in [2.45, 2.75) is 58.9 Å². The molecule has 6 heteroatoms. The lowest BCUT2D eigenvalue weighted by Crippen LogP contribution is -2.38. The summed E-state index contributed by atoms with van der Waals surface area (Å²) < 4.78 is 5.47. The molecule has 0 bridgehead atoms. The number of benzene rings is 1. The number of hydrogen-bond donors (Lipinski definition) is 2. The molecule has 5 nitrogen and oxygen atoms in total. The van der Waals surface area contributed by atoms with Gasteiger partial charge in [-0.2, -0.15) is 0 Å². The average molecular weight is 508 g/mol. The number of halogens is 1. The van der Waals surface area contributed by atoms with Crippen LogP contribution in [-0.2, 0) is 25.8 Å². The summed E-state index contributed by atoms with van der Waals surface area (Å²) in [6.45, 7) is 8.78. The van der Waals surface area contributed by atoms with Crippen LogP contribution in [-0.4, -0.2) is 24.2 Å². The van der Waals surface area contributed by atoms with Crippen molar-refractivity contribution in [2.75, 3.05) is 13.1 Å². The van der Waals surface area contributed by atoms with Crippen LogP contribution in [0.1, 0.15) is 61.3 Å². The molecule has 3 atom stereocenters. The van der Waals surface area contributed by atoms with E-state index < -0.39 is 0 Å². The summed E-state index contributed by atoms with van der Waals surface area (Å²) >= 11 is 0. The van der Waals surface area contributed by atoms with Crippen molar-refractivity contribution < 1.29 is 4.52 Å². The van der Waals surface area contributed by atoms with Crippen LogP contribution in [0.2, 0.25) is 0 Å². The molecule has 0 spiro atoms. The first-order valence-corrected chi connectivity index (χ1v) is 10.8. The lowest BCUT2D eigenvalue weighted by atomic mass is 9.92. The van der Waals surface area contributed by atoms with Gasteiger partial charge in [-0.05, 0) is 55.1 Å². The fourth-order valence-electron chi connectivity index (χ4n) is 4.82. The lowest BCUT2D eigenvalue weighted by Gasteiger charge is -2.13. The maximum absolute atomic E-state index is 5.47. The summed E-state index contributed by atoms with van der Waals surface area (Å²) in [5.41, 5.74) is 5.31. The van der Waals surface area contributed by atoms with Crippen LogP contribution < -0.4 is 10.6 Å². The Labute approximate surface area is 191 Å². The number of nitrogens with zero attached hydrogens (tertiary/aromatic N) is 2. The Hall–Kier alpha value is -1.57. The highest BCUT2D eigenvalue weighted by Crippen LogP contribution is 2.59. The fraction of sp³-hybridized carbons (Fsp3) is 0.565. The second-order valence-electron chi connectivity index (χ2n) is 7.91. The number of aliphatic imine (C=N–C) groups is 1. The minimum Gasteiger partial charge on any atom is -0.361 e. The molecule has 1 aromatic carbocycles. The third kappa shape index (κ3) is 4.62. The van der Waals surface area contributed by atoms with E-state index in [4.69, 9.17) is 9.52 Å². The Bertz CT molecular complexity index is 826. The van der Waals surface area contributed by atoms with E-state index in [9.17, 15) is 0 Å². The molecule has 3 unspecified atom stereocenters. The third-order valence-corrected chi connectivity index (χ3v) is 6.34. The molecular formula is C23H33IN4O. The van der Waals surface area contributed by atoms with Crippen molar-refractivity contribution in [1.82, 2.24) is 15.8 Å². The van der Waals surface area contributed by atoms with Gasteiger partial charge in [0, 0.05) is 25.1 Å². The predicted molar refractivity (Wildman–Crippen MR) is 128 cm³/mol. The van der Waals surface area contributed by atoms with Crippen LogP contribution in [0.5, 0.6) is 0 Å². The highest BCUT2D eigenvalue weighted by Gasteiger charge is 2.52. The summed E-state index contributed by atoms with van der Waals surface area (Å²) in [5, 5.41) is 11.2. The second kappa shape index (κ2) is 9.96. The molecule has 0 amide bonds. The van der Waals surface area contributed by atoms with E-state index in [2.05, 4.69) is 60.8 Å². The Morgan fingerprint density at radius 2 is 2.00 bits per heavy atom. The van der Waals surface area contributed by atoms with E-state index >= 15 is 0 Å². The minimum absolute atomic E-state index is 0. The van der Waals surface area contributed by atoms with E-state index in [1.165, 1.54) is 12.8 Å². The number of fused-ring (bicyclic) bond motifs is 3. The first-order valence-electron chi connectivity index (χ1n) is 10.8. The Morgan fingerprint density at radius 3 is 2.76 bits per heavy atom. The molecule has 1 aromatic heterocycles.